The fourth-order valence-corrected chi connectivity index (χ4v) is 4.88. The standard InChI is InChI=1S/C25H30F3N3O3/c1-33-24(25(26,27)28,19-8-4-2-5-9-19)23(32)34-22-12-13-29-18-21(22)31-16-14-30(15-17-31)20-10-6-3-7-11-20/h2-11,21-22,29H,12-18H2,1H3/t21-,22-,24-/m0/s1. The van der Waals surface area contributed by atoms with E-state index in [0.29, 0.717) is 19.5 Å². The summed E-state index contributed by atoms with van der Waals surface area (Å²) in [6.45, 7) is 4.13. The molecule has 0 radical (unpaired) electrons. The van der Waals surface area contributed by atoms with Crippen LogP contribution >= 0.6 is 0 Å². The van der Waals surface area contributed by atoms with Gasteiger partial charge >= 0.3 is 12.1 Å². The summed E-state index contributed by atoms with van der Waals surface area (Å²) in [6, 6.07) is 16.8. The second kappa shape index (κ2) is 10.3. The molecular weight excluding hydrogens is 447 g/mol. The summed E-state index contributed by atoms with van der Waals surface area (Å²) in [5.41, 5.74) is -2.32. The molecule has 0 amide bonds. The third kappa shape index (κ3) is 4.78. The Bertz CT molecular complexity index is 937. The van der Waals surface area contributed by atoms with Crippen molar-refractivity contribution in [3.8, 4) is 0 Å². The second-order valence-electron chi connectivity index (χ2n) is 8.61. The van der Waals surface area contributed by atoms with Crippen molar-refractivity contribution in [2.24, 2.45) is 0 Å². The number of rotatable bonds is 6. The quantitative estimate of drug-likeness (QED) is 0.645. The SMILES string of the molecule is CO[C@](C(=O)O[C@H]1CCNC[C@@H]1N1CCN(c2ccccc2)CC1)(c1ccccc1)C(F)(F)F. The van der Waals surface area contributed by atoms with Gasteiger partial charge in [0.2, 0.25) is 0 Å². The lowest BCUT2D eigenvalue weighted by Crippen LogP contribution is -2.61. The number of methoxy groups -OCH3 is 1. The van der Waals surface area contributed by atoms with Gasteiger partial charge in [-0.1, -0.05) is 48.5 Å². The minimum atomic E-state index is -4.98. The van der Waals surface area contributed by atoms with Crippen LogP contribution in [-0.2, 0) is 19.9 Å². The summed E-state index contributed by atoms with van der Waals surface area (Å²) in [4.78, 5) is 17.6. The van der Waals surface area contributed by atoms with Gasteiger partial charge in [-0.05, 0) is 25.1 Å². The van der Waals surface area contributed by atoms with Crippen LogP contribution < -0.4 is 10.2 Å². The lowest BCUT2D eigenvalue weighted by Gasteiger charge is -2.45. The van der Waals surface area contributed by atoms with E-state index in [2.05, 4.69) is 27.2 Å². The van der Waals surface area contributed by atoms with E-state index >= 15 is 0 Å². The molecule has 0 aromatic heterocycles. The van der Waals surface area contributed by atoms with Crippen LogP contribution in [0.3, 0.4) is 0 Å². The topological polar surface area (TPSA) is 54.0 Å². The van der Waals surface area contributed by atoms with Gasteiger partial charge in [0, 0.05) is 51.1 Å². The number of alkyl halides is 3. The molecule has 0 bridgehead atoms. The number of esters is 1. The molecule has 3 atom stereocenters. The maximum Gasteiger partial charge on any atom is 0.432 e. The third-order valence-electron chi connectivity index (χ3n) is 6.72. The number of carbonyl (C=O) groups excluding carboxylic acids is 1. The Morgan fingerprint density at radius 3 is 2.18 bits per heavy atom. The molecule has 34 heavy (non-hydrogen) atoms. The average molecular weight is 478 g/mol. The predicted molar refractivity (Wildman–Crippen MR) is 123 cm³/mol. The van der Waals surface area contributed by atoms with Gasteiger partial charge in [-0.25, -0.2) is 4.79 Å². The lowest BCUT2D eigenvalue weighted by molar-refractivity contribution is -0.279. The van der Waals surface area contributed by atoms with Crippen molar-refractivity contribution in [2.45, 2.75) is 30.3 Å². The van der Waals surface area contributed by atoms with Gasteiger partial charge in [0.1, 0.15) is 6.10 Å². The summed E-state index contributed by atoms with van der Waals surface area (Å²) in [7, 11) is 0.893. The fourth-order valence-electron chi connectivity index (χ4n) is 4.88. The minimum Gasteiger partial charge on any atom is -0.458 e. The monoisotopic (exact) mass is 477 g/mol. The van der Waals surface area contributed by atoms with Gasteiger partial charge in [0.05, 0.1) is 6.04 Å². The number of ether oxygens (including phenoxy) is 2. The van der Waals surface area contributed by atoms with Crippen molar-refractivity contribution in [3.05, 3.63) is 66.2 Å². The van der Waals surface area contributed by atoms with Gasteiger partial charge in [-0.3, -0.25) is 4.90 Å². The van der Waals surface area contributed by atoms with Crippen molar-refractivity contribution in [1.29, 1.82) is 0 Å². The molecule has 0 aliphatic carbocycles. The molecule has 2 saturated heterocycles. The third-order valence-corrected chi connectivity index (χ3v) is 6.72. The largest absolute Gasteiger partial charge is 0.458 e. The van der Waals surface area contributed by atoms with Gasteiger partial charge in [-0.15, -0.1) is 0 Å². The number of para-hydroxylation sites is 1. The van der Waals surface area contributed by atoms with Crippen molar-refractivity contribution in [2.75, 3.05) is 51.3 Å². The van der Waals surface area contributed by atoms with Crippen LogP contribution in [0.1, 0.15) is 12.0 Å². The number of nitrogens with zero attached hydrogens (tertiary/aromatic N) is 2. The Hall–Kier alpha value is -2.62. The van der Waals surface area contributed by atoms with E-state index in [9.17, 15) is 18.0 Å². The molecule has 2 aliphatic rings. The number of hydrogen-bond acceptors (Lipinski definition) is 6. The van der Waals surface area contributed by atoms with Gasteiger partial charge in [-0.2, -0.15) is 13.2 Å². The van der Waals surface area contributed by atoms with Crippen molar-refractivity contribution < 1.29 is 27.4 Å². The molecule has 0 saturated carbocycles. The summed E-state index contributed by atoms with van der Waals surface area (Å²) in [5.74, 6) is -1.42. The summed E-state index contributed by atoms with van der Waals surface area (Å²) in [5, 5.41) is 3.29. The summed E-state index contributed by atoms with van der Waals surface area (Å²) in [6.07, 6.45) is -5.22. The molecule has 2 aliphatic heterocycles. The number of piperidine rings is 1. The molecule has 2 aromatic carbocycles. The molecule has 184 valence electrons. The Labute approximate surface area is 197 Å². The first-order chi connectivity index (χ1) is 16.4. The molecule has 1 N–H and O–H groups in total. The van der Waals surface area contributed by atoms with E-state index in [1.165, 1.54) is 24.3 Å². The Morgan fingerprint density at radius 2 is 1.59 bits per heavy atom. The highest BCUT2D eigenvalue weighted by atomic mass is 19.4. The Morgan fingerprint density at radius 1 is 0.971 bits per heavy atom. The van der Waals surface area contributed by atoms with Gasteiger partial charge < -0.3 is 19.7 Å². The average Bonchev–Trinajstić information content (AvgIpc) is 2.86. The van der Waals surface area contributed by atoms with Crippen LogP contribution in [0, 0.1) is 0 Å². The zero-order chi connectivity index (χ0) is 24.2. The van der Waals surface area contributed by atoms with E-state index < -0.39 is 23.9 Å². The molecule has 2 fully saturated rings. The maximum absolute atomic E-state index is 14.3. The molecule has 0 spiro atoms. The van der Waals surface area contributed by atoms with E-state index in [0.717, 1.165) is 39.0 Å². The summed E-state index contributed by atoms with van der Waals surface area (Å²) >= 11 is 0. The highest BCUT2D eigenvalue weighted by Gasteiger charge is 2.64. The van der Waals surface area contributed by atoms with E-state index in [1.54, 1.807) is 6.07 Å². The smallest absolute Gasteiger partial charge is 0.432 e. The number of hydrogen-bond donors (Lipinski definition) is 1. The number of nitrogens with one attached hydrogen (secondary N) is 1. The lowest BCUT2D eigenvalue weighted by atomic mass is 9.92. The minimum absolute atomic E-state index is 0.214. The molecule has 2 heterocycles. The van der Waals surface area contributed by atoms with Gasteiger partial charge in [0.25, 0.3) is 5.60 Å². The fraction of sp³-hybridized carbons (Fsp3) is 0.480. The number of halogens is 3. The Balaban J connectivity index is 1.50. The highest BCUT2D eigenvalue weighted by Crippen LogP contribution is 2.43. The van der Waals surface area contributed by atoms with Crippen LogP contribution in [0.25, 0.3) is 0 Å². The van der Waals surface area contributed by atoms with Crippen molar-refractivity contribution >= 4 is 11.7 Å². The van der Waals surface area contributed by atoms with Crippen molar-refractivity contribution in [1.82, 2.24) is 10.2 Å². The second-order valence-corrected chi connectivity index (χ2v) is 8.61. The van der Waals surface area contributed by atoms with Crippen molar-refractivity contribution in [3.63, 3.8) is 0 Å². The maximum atomic E-state index is 14.3. The van der Waals surface area contributed by atoms with Crippen LogP contribution in [0.5, 0.6) is 0 Å². The molecule has 9 heteroatoms. The highest BCUT2D eigenvalue weighted by molar-refractivity contribution is 5.83. The zero-order valence-electron chi connectivity index (χ0n) is 19.1. The molecule has 2 aromatic rings. The number of piperazine rings is 1. The number of anilines is 1. The van der Waals surface area contributed by atoms with E-state index in [1.807, 2.05) is 18.2 Å². The van der Waals surface area contributed by atoms with Crippen LogP contribution in [-0.4, -0.2) is 75.6 Å². The van der Waals surface area contributed by atoms with E-state index in [-0.39, 0.29) is 11.6 Å². The van der Waals surface area contributed by atoms with Crippen LogP contribution in [0.15, 0.2) is 60.7 Å². The number of carbonyl (C=O) groups is 1. The van der Waals surface area contributed by atoms with Crippen LogP contribution in [0.2, 0.25) is 0 Å². The first-order valence-corrected chi connectivity index (χ1v) is 11.5. The zero-order valence-corrected chi connectivity index (χ0v) is 19.1. The first-order valence-electron chi connectivity index (χ1n) is 11.5. The predicted octanol–water partition coefficient (Wildman–Crippen LogP) is 3.19. The van der Waals surface area contributed by atoms with Gasteiger partial charge in [0.15, 0.2) is 0 Å². The molecule has 6 nitrogen and oxygen atoms in total. The van der Waals surface area contributed by atoms with Crippen LogP contribution in [0.4, 0.5) is 18.9 Å². The van der Waals surface area contributed by atoms with E-state index in [4.69, 9.17) is 9.47 Å². The molecule has 4 rings (SSSR count). The number of benzene rings is 2. The molecular formula is C25H30F3N3O3. The Kier molecular flexibility index (Phi) is 7.45. The normalized spacial score (nSPS) is 23.8. The summed E-state index contributed by atoms with van der Waals surface area (Å²) < 4.78 is 53.3. The first kappa shape index (κ1) is 24.5. The molecule has 0 unspecified atom stereocenters.